The molecular weight excluding hydrogens is 234 g/mol. The van der Waals surface area contributed by atoms with Crippen LogP contribution in [0.3, 0.4) is 0 Å². The highest BCUT2D eigenvalue weighted by atomic mass is 19.2. The van der Waals surface area contributed by atoms with Crippen LogP contribution in [-0.2, 0) is 0 Å². The molecule has 1 heterocycles. The standard InChI is InChI=1S/C14H20F2N2/c1-2-18-9-4-5-11(8-10-18)17-13-7-3-6-12(15)14(13)16/h3,6-7,11,17H,2,4-5,8-10H2,1H3. The van der Waals surface area contributed by atoms with Gasteiger partial charge in [0.15, 0.2) is 11.6 Å². The van der Waals surface area contributed by atoms with E-state index in [2.05, 4.69) is 17.1 Å². The molecule has 1 unspecified atom stereocenters. The maximum Gasteiger partial charge on any atom is 0.181 e. The van der Waals surface area contributed by atoms with Gasteiger partial charge in [0.1, 0.15) is 0 Å². The first-order valence-electron chi connectivity index (χ1n) is 6.63. The highest BCUT2D eigenvalue weighted by Gasteiger charge is 2.17. The van der Waals surface area contributed by atoms with Gasteiger partial charge in [0.25, 0.3) is 0 Å². The quantitative estimate of drug-likeness (QED) is 0.890. The summed E-state index contributed by atoms with van der Waals surface area (Å²) in [5.41, 5.74) is 0.282. The topological polar surface area (TPSA) is 15.3 Å². The van der Waals surface area contributed by atoms with Crippen molar-refractivity contribution in [2.24, 2.45) is 0 Å². The van der Waals surface area contributed by atoms with Gasteiger partial charge in [0, 0.05) is 12.6 Å². The van der Waals surface area contributed by atoms with Gasteiger partial charge in [-0.25, -0.2) is 8.78 Å². The fourth-order valence-corrected chi connectivity index (χ4v) is 2.45. The number of nitrogens with zero attached hydrogens (tertiary/aromatic N) is 1. The van der Waals surface area contributed by atoms with Crippen molar-refractivity contribution in [2.75, 3.05) is 25.0 Å². The molecule has 1 aromatic carbocycles. The smallest absolute Gasteiger partial charge is 0.181 e. The van der Waals surface area contributed by atoms with Gasteiger partial charge in [-0.1, -0.05) is 13.0 Å². The predicted octanol–water partition coefficient (Wildman–Crippen LogP) is 3.25. The van der Waals surface area contributed by atoms with Gasteiger partial charge in [-0.2, -0.15) is 0 Å². The van der Waals surface area contributed by atoms with E-state index in [1.807, 2.05) is 0 Å². The third-order valence-electron chi connectivity index (χ3n) is 3.58. The third kappa shape index (κ3) is 3.19. The van der Waals surface area contributed by atoms with Crippen LogP contribution in [-0.4, -0.2) is 30.6 Å². The highest BCUT2D eigenvalue weighted by molar-refractivity contribution is 5.45. The van der Waals surface area contributed by atoms with Crippen molar-refractivity contribution in [3.05, 3.63) is 29.8 Å². The first-order valence-corrected chi connectivity index (χ1v) is 6.63. The molecule has 1 atom stereocenters. The minimum atomic E-state index is -0.788. The monoisotopic (exact) mass is 254 g/mol. The summed E-state index contributed by atoms with van der Waals surface area (Å²) in [6.07, 6.45) is 3.08. The first-order chi connectivity index (χ1) is 8.70. The predicted molar refractivity (Wildman–Crippen MR) is 69.7 cm³/mol. The Morgan fingerprint density at radius 3 is 2.89 bits per heavy atom. The van der Waals surface area contributed by atoms with E-state index >= 15 is 0 Å². The van der Waals surface area contributed by atoms with Gasteiger partial charge < -0.3 is 10.2 Å². The van der Waals surface area contributed by atoms with Gasteiger partial charge in [0.2, 0.25) is 0 Å². The van der Waals surface area contributed by atoms with E-state index < -0.39 is 11.6 Å². The number of likely N-dealkylation sites (tertiary alicyclic amines) is 1. The molecule has 2 nitrogen and oxygen atoms in total. The third-order valence-corrected chi connectivity index (χ3v) is 3.58. The largest absolute Gasteiger partial charge is 0.380 e. The molecule has 0 radical (unpaired) electrons. The summed E-state index contributed by atoms with van der Waals surface area (Å²) in [5, 5.41) is 3.13. The number of anilines is 1. The van der Waals surface area contributed by atoms with Crippen LogP contribution in [0.15, 0.2) is 18.2 Å². The van der Waals surface area contributed by atoms with Crippen molar-refractivity contribution in [1.82, 2.24) is 4.90 Å². The molecule has 1 fully saturated rings. The molecule has 0 aliphatic carbocycles. The van der Waals surface area contributed by atoms with E-state index in [4.69, 9.17) is 0 Å². The first kappa shape index (κ1) is 13.3. The van der Waals surface area contributed by atoms with E-state index in [9.17, 15) is 8.78 Å². The molecule has 0 aromatic heterocycles. The minimum Gasteiger partial charge on any atom is -0.380 e. The van der Waals surface area contributed by atoms with Crippen LogP contribution in [0.2, 0.25) is 0 Å². The molecule has 0 saturated carbocycles. The van der Waals surface area contributed by atoms with Gasteiger partial charge in [-0.05, 0) is 44.5 Å². The fraction of sp³-hybridized carbons (Fsp3) is 0.571. The van der Waals surface area contributed by atoms with Crippen LogP contribution in [0.25, 0.3) is 0 Å². The minimum absolute atomic E-state index is 0.234. The van der Waals surface area contributed by atoms with Crippen molar-refractivity contribution in [3.8, 4) is 0 Å². The zero-order valence-corrected chi connectivity index (χ0v) is 10.8. The van der Waals surface area contributed by atoms with E-state index in [0.717, 1.165) is 45.0 Å². The Balaban J connectivity index is 1.99. The Kier molecular flexibility index (Phi) is 4.53. The zero-order chi connectivity index (χ0) is 13.0. The Morgan fingerprint density at radius 1 is 1.28 bits per heavy atom. The van der Waals surface area contributed by atoms with Gasteiger partial charge in [-0.15, -0.1) is 0 Å². The molecule has 1 aromatic rings. The lowest BCUT2D eigenvalue weighted by Crippen LogP contribution is -2.26. The van der Waals surface area contributed by atoms with Crippen LogP contribution < -0.4 is 5.32 Å². The van der Waals surface area contributed by atoms with Crippen LogP contribution in [0, 0.1) is 11.6 Å². The summed E-state index contributed by atoms with van der Waals surface area (Å²) in [6.45, 7) is 5.33. The summed E-state index contributed by atoms with van der Waals surface area (Å²) < 4.78 is 26.7. The van der Waals surface area contributed by atoms with Gasteiger partial charge >= 0.3 is 0 Å². The Morgan fingerprint density at radius 2 is 2.11 bits per heavy atom. The lowest BCUT2D eigenvalue weighted by atomic mass is 10.1. The van der Waals surface area contributed by atoms with E-state index in [1.165, 1.54) is 6.07 Å². The molecule has 1 aliphatic rings. The number of benzene rings is 1. The van der Waals surface area contributed by atoms with E-state index in [0.29, 0.717) is 0 Å². The second-order valence-corrected chi connectivity index (χ2v) is 4.81. The second kappa shape index (κ2) is 6.14. The van der Waals surface area contributed by atoms with Crippen molar-refractivity contribution in [1.29, 1.82) is 0 Å². The molecule has 2 rings (SSSR count). The maximum absolute atomic E-state index is 13.6. The van der Waals surface area contributed by atoms with Crippen molar-refractivity contribution >= 4 is 5.69 Å². The van der Waals surface area contributed by atoms with Crippen molar-refractivity contribution in [3.63, 3.8) is 0 Å². The molecule has 1 saturated heterocycles. The molecule has 100 valence electrons. The van der Waals surface area contributed by atoms with Crippen LogP contribution >= 0.6 is 0 Å². The molecule has 0 spiro atoms. The number of halogens is 2. The van der Waals surface area contributed by atoms with Crippen molar-refractivity contribution < 1.29 is 8.78 Å². The summed E-state index contributed by atoms with van der Waals surface area (Å²) in [5.74, 6) is -1.56. The molecule has 0 amide bonds. The lowest BCUT2D eigenvalue weighted by Gasteiger charge is -2.19. The number of nitrogens with one attached hydrogen (secondary N) is 1. The molecular formula is C14H20F2N2. The Hall–Kier alpha value is -1.16. The SMILES string of the molecule is CCN1CCCC(Nc2cccc(F)c2F)CC1. The van der Waals surface area contributed by atoms with Crippen molar-refractivity contribution in [2.45, 2.75) is 32.2 Å². The number of hydrogen-bond donors (Lipinski definition) is 1. The summed E-state index contributed by atoms with van der Waals surface area (Å²) in [4.78, 5) is 2.39. The van der Waals surface area contributed by atoms with Crippen LogP contribution in [0.1, 0.15) is 26.2 Å². The summed E-state index contributed by atoms with van der Waals surface area (Å²) >= 11 is 0. The fourth-order valence-electron chi connectivity index (χ4n) is 2.45. The van der Waals surface area contributed by atoms with Crippen LogP contribution in [0.4, 0.5) is 14.5 Å². The second-order valence-electron chi connectivity index (χ2n) is 4.81. The highest BCUT2D eigenvalue weighted by Crippen LogP contribution is 2.21. The molecule has 0 bridgehead atoms. The molecule has 18 heavy (non-hydrogen) atoms. The maximum atomic E-state index is 13.6. The Labute approximate surface area is 107 Å². The Bertz CT molecular complexity index is 395. The van der Waals surface area contributed by atoms with E-state index in [1.54, 1.807) is 6.07 Å². The normalized spacial score (nSPS) is 21.6. The summed E-state index contributed by atoms with van der Waals surface area (Å²) in [7, 11) is 0. The van der Waals surface area contributed by atoms with E-state index in [-0.39, 0.29) is 11.7 Å². The summed E-state index contributed by atoms with van der Waals surface area (Å²) in [6, 6.07) is 4.51. The number of rotatable bonds is 3. The molecule has 1 aliphatic heterocycles. The zero-order valence-electron chi connectivity index (χ0n) is 10.8. The average Bonchev–Trinajstić information content (AvgIpc) is 2.60. The van der Waals surface area contributed by atoms with Gasteiger partial charge in [0.05, 0.1) is 5.69 Å². The number of hydrogen-bond acceptors (Lipinski definition) is 2. The molecule has 1 N–H and O–H groups in total. The van der Waals surface area contributed by atoms with Gasteiger partial charge in [-0.3, -0.25) is 0 Å². The molecule has 4 heteroatoms. The van der Waals surface area contributed by atoms with Crippen LogP contribution in [0.5, 0.6) is 0 Å². The lowest BCUT2D eigenvalue weighted by molar-refractivity contribution is 0.300. The average molecular weight is 254 g/mol.